The van der Waals surface area contributed by atoms with Gasteiger partial charge in [0.2, 0.25) is 24.4 Å². The van der Waals surface area contributed by atoms with Gasteiger partial charge in [0.25, 0.3) is 5.89 Å². The summed E-state index contributed by atoms with van der Waals surface area (Å²) in [6.07, 6.45) is -4.61. The van der Waals surface area contributed by atoms with Crippen LogP contribution in [0.3, 0.4) is 0 Å². The predicted octanol–water partition coefficient (Wildman–Crippen LogP) is 3.33. The van der Waals surface area contributed by atoms with Crippen molar-refractivity contribution in [3.63, 3.8) is 0 Å². The molecule has 3 aromatic rings. The summed E-state index contributed by atoms with van der Waals surface area (Å²) in [7, 11) is 0. The number of hydrogen-bond acceptors (Lipinski definition) is 9. The van der Waals surface area contributed by atoms with Gasteiger partial charge in [-0.3, -0.25) is 9.59 Å². The topological polar surface area (TPSA) is 128 Å². The smallest absolute Gasteiger partial charge is 0.454 e. The van der Waals surface area contributed by atoms with Gasteiger partial charge in [-0.25, -0.2) is 5.01 Å². The lowest BCUT2D eigenvalue weighted by Gasteiger charge is -2.21. The molecule has 0 radical (unpaired) electrons. The average Bonchev–Trinajstić information content (AvgIpc) is 3.49. The molecule has 0 bridgehead atoms. The first-order valence-electron chi connectivity index (χ1n) is 10.5. The fourth-order valence-corrected chi connectivity index (χ4v) is 3.48. The van der Waals surface area contributed by atoms with Gasteiger partial charge in [0.15, 0.2) is 11.5 Å². The zero-order valence-corrected chi connectivity index (χ0v) is 18.2. The molecule has 2 aliphatic heterocycles. The number of fused-ring (bicyclic) bond motifs is 1. The molecule has 3 heterocycles. The Morgan fingerprint density at radius 1 is 1.11 bits per heavy atom. The molecular formula is C22H16F3N5O6. The van der Waals surface area contributed by atoms with Crippen LogP contribution in [0.5, 0.6) is 17.2 Å². The number of halogens is 3. The van der Waals surface area contributed by atoms with Crippen LogP contribution in [0.15, 0.2) is 52.1 Å². The van der Waals surface area contributed by atoms with Crippen LogP contribution in [0.2, 0.25) is 0 Å². The predicted molar refractivity (Wildman–Crippen MR) is 115 cm³/mol. The van der Waals surface area contributed by atoms with Crippen molar-refractivity contribution in [2.75, 3.05) is 18.7 Å². The number of hydrogen-bond donors (Lipinski definition) is 1. The first-order valence-corrected chi connectivity index (χ1v) is 10.5. The molecule has 2 aromatic carbocycles. The molecule has 2 amide bonds. The second-order valence-corrected chi connectivity index (χ2v) is 7.61. The van der Waals surface area contributed by atoms with Crippen LogP contribution in [0, 0.1) is 0 Å². The van der Waals surface area contributed by atoms with Crippen molar-refractivity contribution in [1.82, 2.24) is 15.1 Å². The lowest BCUT2D eigenvalue weighted by molar-refractivity contribution is -0.274. The minimum absolute atomic E-state index is 0.0444. The third-order valence-corrected chi connectivity index (χ3v) is 5.05. The molecule has 186 valence electrons. The van der Waals surface area contributed by atoms with Crippen molar-refractivity contribution in [2.45, 2.75) is 19.2 Å². The number of benzene rings is 2. The molecule has 5 rings (SSSR count). The van der Waals surface area contributed by atoms with Crippen LogP contribution in [0.25, 0.3) is 11.4 Å². The molecule has 1 aromatic heterocycles. The van der Waals surface area contributed by atoms with E-state index in [4.69, 9.17) is 14.0 Å². The second kappa shape index (κ2) is 9.20. The Bertz CT molecular complexity index is 1360. The summed E-state index contributed by atoms with van der Waals surface area (Å²) in [6.45, 7) is -0.354. The molecule has 0 fully saturated rings. The second-order valence-electron chi connectivity index (χ2n) is 7.61. The van der Waals surface area contributed by atoms with Gasteiger partial charge in [0.1, 0.15) is 18.0 Å². The molecule has 0 spiro atoms. The van der Waals surface area contributed by atoms with Gasteiger partial charge in [-0.1, -0.05) is 11.2 Å². The highest BCUT2D eigenvalue weighted by Gasteiger charge is 2.31. The van der Waals surface area contributed by atoms with Gasteiger partial charge in [-0.15, -0.1) is 13.2 Å². The number of rotatable bonds is 6. The minimum Gasteiger partial charge on any atom is -0.454 e. The number of alkyl halides is 3. The van der Waals surface area contributed by atoms with Crippen molar-refractivity contribution in [1.29, 1.82) is 0 Å². The van der Waals surface area contributed by atoms with Crippen LogP contribution < -0.4 is 19.5 Å². The Hall–Kier alpha value is -4.62. The maximum absolute atomic E-state index is 12.4. The molecule has 0 aliphatic carbocycles. The lowest BCUT2D eigenvalue weighted by Crippen LogP contribution is -2.38. The number of nitrogens with one attached hydrogen (secondary N) is 1. The number of anilines is 1. The molecule has 0 atom stereocenters. The summed E-state index contributed by atoms with van der Waals surface area (Å²) >= 11 is 0. The van der Waals surface area contributed by atoms with E-state index in [0.717, 1.165) is 17.1 Å². The first-order chi connectivity index (χ1) is 17.2. The molecule has 1 N–H and O–H groups in total. The van der Waals surface area contributed by atoms with E-state index in [1.165, 1.54) is 12.1 Å². The largest absolute Gasteiger partial charge is 0.573 e. The van der Waals surface area contributed by atoms with E-state index in [9.17, 15) is 22.8 Å². The quantitative estimate of drug-likeness (QED) is 0.543. The highest BCUT2D eigenvalue weighted by Crippen LogP contribution is 2.35. The van der Waals surface area contributed by atoms with Gasteiger partial charge in [-0.05, 0) is 30.3 Å². The highest BCUT2D eigenvalue weighted by atomic mass is 19.4. The Morgan fingerprint density at radius 2 is 1.94 bits per heavy atom. The average molecular weight is 503 g/mol. The van der Waals surface area contributed by atoms with Gasteiger partial charge >= 0.3 is 6.36 Å². The molecular weight excluding hydrogens is 487 g/mol. The summed E-state index contributed by atoms with van der Waals surface area (Å²) in [5.41, 5.74) is 0.984. The van der Waals surface area contributed by atoms with E-state index in [1.54, 1.807) is 18.2 Å². The van der Waals surface area contributed by atoms with Gasteiger partial charge in [-0.2, -0.15) is 10.1 Å². The van der Waals surface area contributed by atoms with E-state index >= 15 is 0 Å². The van der Waals surface area contributed by atoms with Crippen LogP contribution in [0.4, 0.5) is 18.9 Å². The minimum atomic E-state index is -4.87. The first kappa shape index (κ1) is 23.1. The Balaban J connectivity index is 1.27. The molecule has 11 nitrogen and oxygen atoms in total. The number of ether oxygens (including phenoxy) is 3. The van der Waals surface area contributed by atoms with Crippen molar-refractivity contribution >= 4 is 23.2 Å². The summed E-state index contributed by atoms with van der Waals surface area (Å²) < 4.78 is 57.0. The maximum Gasteiger partial charge on any atom is 0.573 e. The normalized spacial score (nSPS) is 15.0. The van der Waals surface area contributed by atoms with Crippen LogP contribution >= 0.6 is 0 Å². The Morgan fingerprint density at radius 3 is 2.78 bits per heavy atom. The van der Waals surface area contributed by atoms with E-state index < -0.39 is 30.5 Å². The maximum atomic E-state index is 12.4. The molecule has 2 aliphatic rings. The SMILES string of the molecule is O=C(CN1N=C(c2nc(-c3ccc4c(c3)OCO4)no2)CCC1=O)Nc1cccc(OC(F)(F)F)c1. The highest BCUT2D eigenvalue weighted by molar-refractivity contribution is 6.02. The number of carbonyl (C=O) groups is 2. The summed E-state index contributed by atoms with van der Waals surface area (Å²) in [5, 5.41) is 11.5. The standard InChI is InChI=1S/C22H16F3N5O6/c23-22(24,25)35-14-3-1-2-13(9-14)26-18(31)10-30-19(32)7-5-15(28-30)21-27-20(29-36-21)12-4-6-16-17(8-12)34-11-33-16/h1-4,6,8-9H,5,7,10-11H2,(H,26,31). The zero-order chi connectivity index (χ0) is 25.3. The fourth-order valence-electron chi connectivity index (χ4n) is 3.48. The Kier molecular flexibility index (Phi) is 5.91. The lowest BCUT2D eigenvalue weighted by atomic mass is 10.1. The van der Waals surface area contributed by atoms with Gasteiger partial charge in [0.05, 0.1) is 0 Å². The fraction of sp³-hybridized carbons (Fsp3) is 0.227. The number of aromatic nitrogens is 2. The molecule has 0 saturated heterocycles. The number of nitrogens with zero attached hydrogens (tertiary/aromatic N) is 4. The van der Waals surface area contributed by atoms with E-state index in [-0.39, 0.29) is 37.0 Å². The molecule has 14 heteroatoms. The molecule has 0 saturated carbocycles. The Labute approximate surface area is 200 Å². The van der Waals surface area contributed by atoms with E-state index in [0.29, 0.717) is 22.8 Å². The van der Waals surface area contributed by atoms with E-state index in [2.05, 4.69) is 25.3 Å². The van der Waals surface area contributed by atoms with Crippen LogP contribution in [-0.4, -0.2) is 52.4 Å². The van der Waals surface area contributed by atoms with Crippen molar-refractivity contribution in [3.8, 4) is 28.6 Å². The number of carbonyl (C=O) groups excluding carboxylic acids is 2. The van der Waals surface area contributed by atoms with E-state index in [1.807, 2.05) is 0 Å². The third kappa shape index (κ3) is 5.21. The van der Waals surface area contributed by atoms with Crippen molar-refractivity contribution in [3.05, 3.63) is 48.4 Å². The monoisotopic (exact) mass is 503 g/mol. The van der Waals surface area contributed by atoms with Crippen molar-refractivity contribution in [2.24, 2.45) is 5.10 Å². The van der Waals surface area contributed by atoms with Crippen molar-refractivity contribution < 1.29 is 41.5 Å². The zero-order valence-electron chi connectivity index (χ0n) is 18.2. The van der Waals surface area contributed by atoms with Gasteiger partial charge < -0.3 is 24.1 Å². The molecule has 0 unspecified atom stereocenters. The summed E-state index contributed by atoms with van der Waals surface area (Å²) in [4.78, 5) is 29.1. The third-order valence-electron chi connectivity index (χ3n) is 5.05. The van der Waals surface area contributed by atoms with Crippen LogP contribution in [-0.2, 0) is 9.59 Å². The summed E-state index contributed by atoms with van der Waals surface area (Å²) in [5.74, 6) is -0.0870. The van der Waals surface area contributed by atoms with Gasteiger partial charge in [0, 0.05) is 30.2 Å². The van der Waals surface area contributed by atoms with Crippen LogP contribution in [0.1, 0.15) is 18.7 Å². The molecule has 36 heavy (non-hydrogen) atoms. The number of hydrazone groups is 1. The summed E-state index contributed by atoms with van der Waals surface area (Å²) in [6, 6.07) is 9.92. The number of amides is 2.